The summed E-state index contributed by atoms with van der Waals surface area (Å²) in [5.41, 5.74) is 6.23. The Morgan fingerprint density at radius 3 is 1.91 bits per heavy atom. The minimum Gasteiger partial charge on any atom is -0.228 e. The predicted molar refractivity (Wildman–Crippen MR) is 192 cm³/mol. The average molecular weight is 591 g/mol. The first-order chi connectivity index (χ1) is 22.3. The first-order valence-corrected chi connectivity index (χ1v) is 16.0. The Hall–Kier alpha value is -5.64. The van der Waals surface area contributed by atoms with Crippen molar-refractivity contribution >= 4 is 53.7 Å². The summed E-state index contributed by atoms with van der Waals surface area (Å²) < 4.78 is 1.28. The first kappa shape index (κ1) is 25.8. The van der Waals surface area contributed by atoms with Gasteiger partial charge in [-0.25, -0.2) is 9.97 Å². The van der Waals surface area contributed by atoms with E-state index in [4.69, 9.17) is 9.97 Å². The summed E-state index contributed by atoms with van der Waals surface area (Å²) in [4.78, 5) is 11.8. The summed E-state index contributed by atoms with van der Waals surface area (Å²) in [5, 5.41) is 8.54. The molecular formula is C42H26N2S. The molecule has 2 heterocycles. The van der Waals surface area contributed by atoms with Crippen LogP contribution in [-0.4, -0.2) is 9.97 Å². The van der Waals surface area contributed by atoms with Crippen LogP contribution < -0.4 is 0 Å². The van der Waals surface area contributed by atoms with Gasteiger partial charge in [-0.05, 0) is 62.0 Å². The van der Waals surface area contributed by atoms with Gasteiger partial charge in [0.1, 0.15) is 0 Å². The third-order valence-corrected chi connectivity index (χ3v) is 9.83. The highest BCUT2D eigenvalue weighted by Crippen LogP contribution is 2.42. The topological polar surface area (TPSA) is 25.8 Å². The molecule has 0 atom stereocenters. The molecule has 3 heteroatoms. The number of hydrogen-bond acceptors (Lipinski definition) is 3. The van der Waals surface area contributed by atoms with E-state index in [1.165, 1.54) is 52.8 Å². The number of thiophene rings is 1. The van der Waals surface area contributed by atoms with Gasteiger partial charge in [-0.3, -0.25) is 0 Å². The maximum Gasteiger partial charge on any atom is 0.160 e. The van der Waals surface area contributed by atoms with Gasteiger partial charge in [0.05, 0.1) is 11.4 Å². The van der Waals surface area contributed by atoms with Crippen LogP contribution in [0.2, 0.25) is 0 Å². The van der Waals surface area contributed by atoms with Crippen LogP contribution in [0.25, 0.3) is 86.7 Å². The fourth-order valence-electron chi connectivity index (χ4n) is 6.56. The molecule has 9 aromatic rings. The van der Waals surface area contributed by atoms with Crippen molar-refractivity contribution in [3.8, 4) is 44.3 Å². The van der Waals surface area contributed by atoms with E-state index in [-0.39, 0.29) is 0 Å². The molecule has 45 heavy (non-hydrogen) atoms. The van der Waals surface area contributed by atoms with Crippen LogP contribution in [0.3, 0.4) is 0 Å². The fraction of sp³-hybridized carbons (Fsp3) is 0. The minimum atomic E-state index is 0.719. The highest BCUT2D eigenvalue weighted by molar-refractivity contribution is 7.22. The van der Waals surface area contributed by atoms with Gasteiger partial charge in [-0.1, -0.05) is 133 Å². The van der Waals surface area contributed by atoms with Crippen LogP contribution in [0, 0.1) is 0 Å². The number of rotatable bonds is 4. The molecule has 0 aliphatic carbocycles. The fourth-order valence-corrected chi connectivity index (χ4v) is 7.66. The maximum atomic E-state index is 5.31. The minimum absolute atomic E-state index is 0.719. The summed E-state index contributed by atoms with van der Waals surface area (Å²) in [6, 6.07) is 56.1. The zero-order chi connectivity index (χ0) is 29.7. The number of nitrogens with zero attached hydrogens (tertiary/aromatic N) is 2. The van der Waals surface area contributed by atoms with Crippen molar-refractivity contribution in [3.05, 3.63) is 158 Å². The molecular weight excluding hydrogens is 565 g/mol. The standard InChI is InChI=1S/C42H26N2S/c1-2-13-28(14-3-1)42-43-37(33-19-9-10-20-34(33)40-25-30-16-6-11-21-39(30)45-40)26-38(44-42)41-32-18-8-5-15-29(32)24-36-31-17-7-4-12-27(31)22-23-35(36)41/h1-26H. The quantitative estimate of drug-likeness (QED) is 0.150. The highest BCUT2D eigenvalue weighted by atomic mass is 32.1. The third kappa shape index (κ3) is 4.40. The van der Waals surface area contributed by atoms with Gasteiger partial charge in [-0.2, -0.15) is 0 Å². The second-order valence-corrected chi connectivity index (χ2v) is 12.5. The Morgan fingerprint density at radius 1 is 0.400 bits per heavy atom. The number of aromatic nitrogens is 2. The van der Waals surface area contributed by atoms with Crippen LogP contribution in [0.15, 0.2) is 158 Å². The van der Waals surface area contributed by atoms with E-state index in [0.717, 1.165) is 33.9 Å². The highest BCUT2D eigenvalue weighted by Gasteiger charge is 2.19. The predicted octanol–water partition coefficient (Wildman–Crippen LogP) is 11.8. The van der Waals surface area contributed by atoms with Crippen LogP contribution in [0.4, 0.5) is 0 Å². The number of fused-ring (bicyclic) bond motifs is 5. The zero-order valence-corrected chi connectivity index (χ0v) is 25.1. The molecule has 210 valence electrons. The van der Waals surface area contributed by atoms with Crippen LogP contribution in [0.1, 0.15) is 0 Å². The Labute approximate surface area is 264 Å². The molecule has 0 saturated heterocycles. The summed E-state index contributed by atoms with van der Waals surface area (Å²) in [6.45, 7) is 0. The van der Waals surface area contributed by atoms with Gasteiger partial charge in [0, 0.05) is 31.8 Å². The SMILES string of the molecule is c1ccc(-c2nc(-c3ccccc3-c3cc4ccccc4s3)cc(-c3c4ccccc4cc4c3ccc3ccccc34)n2)cc1. The van der Waals surface area contributed by atoms with Crippen molar-refractivity contribution in [2.24, 2.45) is 0 Å². The molecule has 0 unspecified atom stereocenters. The Kier molecular flexibility index (Phi) is 6.03. The van der Waals surface area contributed by atoms with Gasteiger partial charge >= 0.3 is 0 Å². The molecule has 0 fully saturated rings. The Balaban J connectivity index is 1.36. The zero-order valence-electron chi connectivity index (χ0n) is 24.3. The largest absolute Gasteiger partial charge is 0.228 e. The molecule has 2 aromatic heterocycles. The third-order valence-electron chi connectivity index (χ3n) is 8.68. The van der Waals surface area contributed by atoms with Crippen LogP contribution in [0.5, 0.6) is 0 Å². The second-order valence-electron chi connectivity index (χ2n) is 11.4. The van der Waals surface area contributed by atoms with Crippen molar-refractivity contribution < 1.29 is 0 Å². The molecule has 0 aliphatic rings. The van der Waals surface area contributed by atoms with Gasteiger partial charge < -0.3 is 0 Å². The molecule has 0 saturated carbocycles. The van der Waals surface area contributed by atoms with Gasteiger partial charge in [0.25, 0.3) is 0 Å². The lowest BCUT2D eigenvalue weighted by Crippen LogP contribution is -1.98. The van der Waals surface area contributed by atoms with Gasteiger partial charge in [0.2, 0.25) is 0 Å². The normalized spacial score (nSPS) is 11.6. The second kappa shape index (κ2) is 10.5. The summed E-state index contributed by atoms with van der Waals surface area (Å²) in [5.74, 6) is 0.719. The van der Waals surface area contributed by atoms with Crippen molar-refractivity contribution in [1.82, 2.24) is 9.97 Å². The lowest BCUT2D eigenvalue weighted by molar-refractivity contribution is 1.19. The molecule has 7 aromatic carbocycles. The van der Waals surface area contributed by atoms with E-state index in [0.29, 0.717) is 0 Å². The Morgan fingerprint density at radius 2 is 1.07 bits per heavy atom. The molecule has 0 aliphatic heterocycles. The summed E-state index contributed by atoms with van der Waals surface area (Å²) >= 11 is 1.82. The van der Waals surface area contributed by atoms with E-state index in [1.54, 1.807) is 0 Å². The molecule has 0 bridgehead atoms. The summed E-state index contributed by atoms with van der Waals surface area (Å²) in [6.07, 6.45) is 0. The first-order valence-electron chi connectivity index (χ1n) is 15.2. The maximum absolute atomic E-state index is 5.31. The van der Waals surface area contributed by atoms with E-state index in [9.17, 15) is 0 Å². The molecule has 0 radical (unpaired) electrons. The van der Waals surface area contributed by atoms with Gasteiger partial charge in [-0.15, -0.1) is 11.3 Å². The van der Waals surface area contributed by atoms with E-state index < -0.39 is 0 Å². The lowest BCUT2D eigenvalue weighted by atomic mass is 9.91. The Bertz CT molecular complexity index is 2510. The average Bonchev–Trinajstić information content (AvgIpc) is 3.55. The van der Waals surface area contributed by atoms with Crippen molar-refractivity contribution in [2.45, 2.75) is 0 Å². The smallest absolute Gasteiger partial charge is 0.160 e. The molecule has 0 spiro atoms. The number of hydrogen-bond donors (Lipinski definition) is 0. The van der Waals surface area contributed by atoms with Crippen LogP contribution in [-0.2, 0) is 0 Å². The van der Waals surface area contributed by atoms with E-state index in [1.807, 2.05) is 17.4 Å². The van der Waals surface area contributed by atoms with Crippen LogP contribution >= 0.6 is 11.3 Å². The van der Waals surface area contributed by atoms with Crippen molar-refractivity contribution in [2.75, 3.05) is 0 Å². The lowest BCUT2D eigenvalue weighted by Gasteiger charge is -2.16. The van der Waals surface area contributed by atoms with Crippen molar-refractivity contribution in [1.29, 1.82) is 0 Å². The van der Waals surface area contributed by atoms with Gasteiger partial charge in [0.15, 0.2) is 5.82 Å². The van der Waals surface area contributed by atoms with Crippen molar-refractivity contribution in [3.63, 3.8) is 0 Å². The molecule has 2 nitrogen and oxygen atoms in total. The summed E-state index contributed by atoms with van der Waals surface area (Å²) in [7, 11) is 0. The molecule has 0 N–H and O–H groups in total. The number of benzene rings is 7. The van der Waals surface area contributed by atoms with E-state index >= 15 is 0 Å². The molecule has 9 rings (SSSR count). The molecule has 0 amide bonds. The monoisotopic (exact) mass is 590 g/mol. The van der Waals surface area contributed by atoms with E-state index in [2.05, 4.69) is 152 Å².